The molecule has 2 rings (SSSR count). The summed E-state index contributed by atoms with van der Waals surface area (Å²) in [7, 11) is -5.03. The number of aliphatic hydroxyl groups is 2. The number of aromatic amines is 2. The van der Waals surface area contributed by atoms with Crippen LogP contribution in [0.1, 0.15) is 31.4 Å². The molecule has 2 heterocycles. The van der Waals surface area contributed by atoms with E-state index in [-0.39, 0.29) is 12.0 Å². The highest BCUT2D eigenvalue weighted by atomic mass is 31.2. The second-order valence-electron chi connectivity index (χ2n) is 6.06. The van der Waals surface area contributed by atoms with Crippen molar-refractivity contribution in [1.82, 2.24) is 9.97 Å². The number of aromatic nitrogens is 2. The molecule has 26 heavy (non-hydrogen) atoms. The van der Waals surface area contributed by atoms with E-state index >= 15 is 0 Å². The number of nitrogens with one attached hydrogen (secondary N) is 2. The molecule has 1 fully saturated rings. The average Bonchev–Trinajstić information content (AvgIpc) is 2.81. The number of aliphatic hydroxyl groups excluding tert-OH is 2. The van der Waals surface area contributed by atoms with Crippen molar-refractivity contribution in [2.24, 2.45) is 0 Å². The van der Waals surface area contributed by atoms with E-state index in [9.17, 15) is 28.8 Å². The van der Waals surface area contributed by atoms with Gasteiger partial charge in [0, 0.05) is 12.6 Å². The van der Waals surface area contributed by atoms with Crippen LogP contribution < -0.4 is 11.2 Å². The standard InChI is InChI=1S/C13H20FN2O9P/c1-2-13(5-14,25-26(21,22)23)3-7-8(17)9(18)10(24-7)6-4-15-12(20)16-11(6)19/h4,7-10,17-18H,2-3,5H2,1H3,(H2,21,22,23)(H2,15,16,19,20)/t7-,8-,9-,10+,13?/m1/s1. The number of H-pyrrole nitrogens is 2. The van der Waals surface area contributed by atoms with Crippen LogP contribution in [0.3, 0.4) is 0 Å². The van der Waals surface area contributed by atoms with Gasteiger partial charge in [0.1, 0.15) is 30.6 Å². The molecule has 0 amide bonds. The van der Waals surface area contributed by atoms with Gasteiger partial charge in [-0.1, -0.05) is 6.92 Å². The molecule has 11 nitrogen and oxygen atoms in total. The fraction of sp³-hybridized carbons (Fsp3) is 0.692. The lowest BCUT2D eigenvalue weighted by Crippen LogP contribution is -2.41. The lowest BCUT2D eigenvalue weighted by atomic mass is 9.91. The molecule has 0 saturated carbocycles. The third-order valence-corrected chi connectivity index (χ3v) is 4.92. The summed E-state index contributed by atoms with van der Waals surface area (Å²) in [6, 6.07) is 0. The molecule has 1 aliphatic heterocycles. The number of phosphoric ester groups is 1. The predicted molar refractivity (Wildman–Crippen MR) is 84.1 cm³/mol. The maximum Gasteiger partial charge on any atom is 0.470 e. The van der Waals surface area contributed by atoms with Crippen molar-refractivity contribution in [3.8, 4) is 0 Å². The third kappa shape index (κ3) is 4.46. The van der Waals surface area contributed by atoms with E-state index in [2.05, 4.69) is 9.51 Å². The molecule has 0 radical (unpaired) electrons. The normalized spacial score (nSPS) is 28.8. The maximum absolute atomic E-state index is 13.5. The first kappa shape index (κ1) is 20.9. The molecule has 13 heteroatoms. The Morgan fingerprint density at radius 3 is 2.50 bits per heavy atom. The van der Waals surface area contributed by atoms with Crippen molar-refractivity contribution in [2.75, 3.05) is 6.67 Å². The van der Waals surface area contributed by atoms with Crippen LogP contribution in [0, 0.1) is 0 Å². The Labute approximate surface area is 146 Å². The molecule has 0 aromatic carbocycles. The van der Waals surface area contributed by atoms with Gasteiger partial charge in [-0.2, -0.15) is 0 Å². The van der Waals surface area contributed by atoms with Gasteiger partial charge >= 0.3 is 13.5 Å². The Kier molecular flexibility index (Phi) is 6.18. The van der Waals surface area contributed by atoms with Gasteiger partial charge in [0.15, 0.2) is 0 Å². The van der Waals surface area contributed by atoms with Crippen molar-refractivity contribution in [3.63, 3.8) is 0 Å². The summed E-state index contributed by atoms with van der Waals surface area (Å²) in [6.45, 7) is 0.151. The Morgan fingerprint density at radius 2 is 2.00 bits per heavy atom. The Balaban J connectivity index is 2.27. The fourth-order valence-electron chi connectivity index (χ4n) is 2.84. The second-order valence-corrected chi connectivity index (χ2v) is 7.22. The van der Waals surface area contributed by atoms with E-state index < -0.39 is 62.2 Å². The van der Waals surface area contributed by atoms with Crippen LogP contribution in [-0.4, -0.2) is 60.6 Å². The van der Waals surface area contributed by atoms with E-state index in [1.165, 1.54) is 6.92 Å². The molecular weight excluding hydrogens is 378 g/mol. The Morgan fingerprint density at radius 1 is 1.35 bits per heavy atom. The van der Waals surface area contributed by atoms with Gasteiger partial charge in [-0.3, -0.25) is 14.3 Å². The topological polar surface area (TPSA) is 182 Å². The van der Waals surface area contributed by atoms with E-state index in [0.717, 1.165) is 6.20 Å². The van der Waals surface area contributed by atoms with Gasteiger partial charge in [-0.15, -0.1) is 0 Å². The summed E-state index contributed by atoms with van der Waals surface area (Å²) >= 11 is 0. The number of hydrogen-bond donors (Lipinski definition) is 6. The Bertz CT molecular complexity index is 786. The molecule has 6 N–H and O–H groups in total. The van der Waals surface area contributed by atoms with Crippen molar-refractivity contribution in [2.45, 2.75) is 49.8 Å². The fourth-order valence-corrected chi connectivity index (χ4v) is 3.60. The summed E-state index contributed by atoms with van der Waals surface area (Å²) < 4.78 is 34.6. The molecule has 0 spiro atoms. The molecule has 1 unspecified atom stereocenters. The number of rotatable bonds is 7. The number of phosphoric acid groups is 1. The van der Waals surface area contributed by atoms with E-state index in [1.54, 1.807) is 0 Å². The molecule has 0 aliphatic carbocycles. The van der Waals surface area contributed by atoms with Crippen LogP contribution in [0.15, 0.2) is 15.8 Å². The molecule has 5 atom stereocenters. The predicted octanol–water partition coefficient (Wildman–Crippen LogP) is -1.16. The monoisotopic (exact) mass is 398 g/mol. The van der Waals surface area contributed by atoms with Crippen LogP contribution >= 0.6 is 7.82 Å². The molecule has 1 aliphatic rings. The first-order valence-electron chi connectivity index (χ1n) is 7.67. The van der Waals surface area contributed by atoms with Crippen LogP contribution in [0.25, 0.3) is 0 Å². The van der Waals surface area contributed by atoms with Gasteiger partial charge < -0.3 is 29.7 Å². The van der Waals surface area contributed by atoms with Crippen LogP contribution in [0.5, 0.6) is 0 Å². The first-order chi connectivity index (χ1) is 12.0. The molecule has 148 valence electrons. The summed E-state index contributed by atoms with van der Waals surface area (Å²) in [5.41, 5.74) is -3.74. The largest absolute Gasteiger partial charge is 0.470 e. The Hall–Kier alpha value is -1.40. The van der Waals surface area contributed by atoms with Crippen molar-refractivity contribution >= 4 is 7.82 Å². The average molecular weight is 398 g/mol. The van der Waals surface area contributed by atoms with Crippen LogP contribution in [0.2, 0.25) is 0 Å². The zero-order valence-corrected chi connectivity index (χ0v) is 14.6. The molecule has 1 aromatic heterocycles. The minimum atomic E-state index is -5.03. The summed E-state index contributed by atoms with van der Waals surface area (Å²) in [5, 5.41) is 20.3. The zero-order valence-electron chi connectivity index (χ0n) is 13.7. The quantitative estimate of drug-likeness (QED) is 0.309. The maximum atomic E-state index is 13.5. The number of ether oxygens (including phenoxy) is 1. The molecule has 1 aromatic rings. The van der Waals surface area contributed by atoms with Gasteiger partial charge in [-0.25, -0.2) is 13.8 Å². The lowest BCUT2D eigenvalue weighted by Gasteiger charge is -2.32. The number of alkyl halides is 1. The highest BCUT2D eigenvalue weighted by molar-refractivity contribution is 7.46. The van der Waals surface area contributed by atoms with Crippen molar-refractivity contribution in [1.29, 1.82) is 0 Å². The molecule has 0 bridgehead atoms. The van der Waals surface area contributed by atoms with Gasteiger partial charge in [0.2, 0.25) is 0 Å². The highest BCUT2D eigenvalue weighted by Gasteiger charge is 2.49. The molecular formula is C13H20FN2O9P. The van der Waals surface area contributed by atoms with E-state index in [1.807, 2.05) is 4.98 Å². The SMILES string of the molecule is CCC(CF)(C[C@H]1O[C@@H](c2c[nH]c(=O)[nH]c2=O)[C@H](O)[C@@H]1O)OP(=O)(O)O. The minimum Gasteiger partial charge on any atom is -0.388 e. The summed E-state index contributed by atoms with van der Waals surface area (Å²) in [6.07, 6.45) is -5.40. The molecule has 1 saturated heterocycles. The van der Waals surface area contributed by atoms with Gasteiger partial charge in [0.05, 0.1) is 11.7 Å². The number of hydrogen-bond acceptors (Lipinski definition) is 7. The van der Waals surface area contributed by atoms with Gasteiger partial charge in [-0.05, 0) is 6.42 Å². The smallest absolute Gasteiger partial charge is 0.388 e. The summed E-state index contributed by atoms with van der Waals surface area (Å²) in [4.78, 5) is 45.0. The highest BCUT2D eigenvalue weighted by Crippen LogP contribution is 2.46. The van der Waals surface area contributed by atoms with E-state index in [0.29, 0.717) is 0 Å². The summed E-state index contributed by atoms with van der Waals surface area (Å²) in [5.74, 6) is 0. The first-order valence-corrected chi connectivity index (χ1v) is 9.20. The van der Waals surface area contributed by atoms with E-state index in [4.69, 9.17) is 14.5 Å². The lowest BCUT2D eigenvalue weighted by molar-refractivity contribution is -0.0677. The second kappa shape index (κ2) is 7.69. The van der Waals surface area contributed by atoms with Crippen LogP contribution in [0.4, 0.5) is 4.39 Å². The van der Waals surface area contributed by atoms with Crippen molar-refractivity contribution < 1.29 is 38.2 Å². The van der Waals surface area contributed by atoms with Crippen LogP contribution in [-0.2, 0) is 13.8 Å². The third-order valence-electron chi connectivity index (χ3n) is 4.29. The zero-order chi connectivity index (χ0) is 19.7. The van der Waals surface area contributed by atoms with Gasteiger partial charge in [0.25, 0.3) is 5.56 Å². The number of halogens is 1. The minimum absolute atomic E-state index is 0.152. The van der Waals surface area contributed by atoms with Crippen molar-refractivity contribution in [3.05, 3.63) is 32.6 Å².